The molecule has 0 radical (unpaired) electrons. The largest absolute Gasteiger partial charge is 0.445 e. The van der Waals surface area contributed by atoms with Crippen LogP contribution in [0.1, 0.15) is 24.8 Å². The number of hydrogen-bond acceptors (Lipinski definition) is 5. The third-order valence-corrected chi connectivity index (χ3v) is 6.46. The SMILES string of the molecule is O=C1NC(=S)N(c2ccc(Cl)cc2)C(=O)/C1=C/CC1CCN(C(=O)OCc2ccccc2)CC1. The highest BCUT2D eigenvalue weighted by atomic mass is 35.5. The summed E-state index contributed by atoms with van der Waals surface area (Å²) < 4.78 is 5.41. The zero-order valence-electron chi connectivity index (χ0n) is 18.4. The molecule has 2 fully saturated rings. The Kier molecular flexibility index (Phi) is 7.59. The molecule has 34 heavy (non-hydrogen) atoms. The van der Waals surface area contributed by atoms with Gasteiger partial charge in [-0.3, -0.25) is 19.8 Å². The number of carbonyl (C=O) groups excluding carboxylic acids is 3. The maximum absolute atomic E-state index is 13.0. The Morgan fingerprint density at radius 1 is 1.09 bits per heavy atom. The number of ether oxygens (including phenoxy) is 1. The second-order valence-corrected chi connectivity index (χ2v) is 9.02. The minimum Gasteiger partial charge on any atom is -0.445 e. The molecule has 7 nitrogen and oxygen atoms in total. The van der Waals surface area contributed by atoms with E-state index in [9.17, 15) is 14.4 Å². The average Bonchev–Trinajstić information content (AvgIpc) is 2.84. The molecule has 0 unspecified atom stereocenters. The van der Waals surface area contributed by atoms with Gasteiger partial charge >= 0.3 is 6.09 Å². The molecule has 0 aromatic heterocycles. The predicted octanol–water partition coefficient (Wildman–Crippen LogP) is 4.45. The molecule has 3 amide bonds. The molecule has 176 valence electrons. The molecule has 2 aliphatic rings. The van der Waals surface area contributed by atoms with E-state index in [0.29, 0.717) is 30.2 Å². The predicted molar refractivity (Wildman–Crippen MR) is 133 cm³/mol. The van der Waals surface area contributed by atoms with Crippen LogP contribution in [0.3, 0.4) is 0 Å². The second kappa shape index (κ2) is 10.8. The molecule has 0 atom stereocenters. The number of hydrogen-bond donors (Lipinski definition) is 1. The van der Waals surface area contributed by atoms with Crippen LogP contribution in [0.2, 0.25) is 5.02 Å². The Balaban J connectivity index is 1.32. The Morgan fingerprint density at radius 2 is 1.76 bits per heavy atom. The number of anilines is 1. The molecule has 0 aliphatic carbocycles. The van der Waals surface area contributed by atoms with Crippen LogP contribution in [0.5, 0.6) is 0 Å². The standard InChI is InChI=1S/C25H24ClN3O4S/c26-19-7-9-20(10-8-19)29-23(31)21(22(30)27-24(29)34)11-6-17-12-14-28(15-13-17)25(32)33-16-18-4-2-1-3-5-18/h1-5,7-11,17H,6,12-16H2,(H,27,30,34)/b21-11+. The fourth-order valence-corrected chi connectivity index (χ4v) is 4.39. The minimum absolute atomic E-state index is 0.0387. The zero-order chi connectivity index (χ0) is 24.1. The van der Waals surface area contributed by atoms with Crippen molar-refractivity contribution in [1.82, 2.24) is 10.2 Å². The first-order valence-corrected chi connectivity index (χ1v) is 11.8. The van der Waals surface area contributed by atoms with Crippen molar-refractivity contribution < 1.29 is 19.1 Å². The van der Waals surface area contributed by atoms with Crippen LogP contribution < -0.4 is 10.2 Å². The van der Waals surface area contributed by atoms with Gasteiger partial charge in [0.1, 0.15) is 12.2 Å². The van der Waals surface area contributed by atoms with Gasteiger partial charge in [0.05, 0.1) is 5.69 Å². The van der Waals surface area contributed by atoms with E-state index in [1.807, 2.05) is 30.3 Å². The number of nitrogens with one attached hydrogen (secondary N) is 1. The van der Waals surface area contributed by atoms with Gasteiger partial charge in [0.15, 0.2) is 5.11 Å². The van der Waals surface area contributed by atoms with Gasteiger partial charge in [-0.05, 0) is 67.2 Å². The van der Waals surface area contributed by atoms with Crippen molar-refractivity contribution in [2.75, 3.05) is 18.0 Å². The smallest absolute Gasteiger partial charge is 0.410 e. The second-order valence-electron chi connectivity index (χ2n) is 8.20. The lowest BCUT2D eigenvalue weighted by atomic mass is 9.92. The number of nitrogens with zero attached hydrogens (tertiary/aromatic N) is 2. The number of amides is 3. The summed E-state index contributed by atoms with van der Waals surface area (Å²) in [7, 11) is 0. The number of thiocarbonyl (C=S) groups is 1. The maximum atomic E-state index is 13.0. The molecule has 2 aromatic carbocycles. The van der Waals surface area contributed by atoms with E-state index in [4.69, 9.17) is 28.6 Å². The molecular weight excluding hydrogens is 474 g/mol. The number of halogens is 1. The fraction of sp³-hybridized carbons (Fsp3) is 0.280. The lowest BCUT2D eigenvalue weighted by Crippen LogP contribution is -2.54. The van der Waals surface area contributed by atoms with Crippen LogP contribution in [-0.2, 0) is 20.9 Å². The quantitative estimate of drug-likeness (QED) is 0.375. The molecule has 1 N–H and O–H groups in total. The molecule has 4 rings (SSSR count). The van der Waals surface area contributed by atoms with Crippen molar-refractivity contribution in [1.29, 1.82) is 0 Å². The summed E-state index contributed by atoms with van der Waals surface area (Å²) >= 11 is 11.1. The fourth-order valence-electron chi connectivity index (χ4n) is 3.98. The van der Waals surface area contributed by atoms with E-state index in [0.717, 1.165) is 18.4 Å². The molecular formula is C25H24ClN3O4S. The van der Waals surface area contributed by atoms with Gasteiger partial charge in [0, 0.05) is 18.1 Å². The topological polar surface area (TPSA) is 79.0 Å². The van der Waals surface area contributed by atoms with Gasteiger partial charge in [0.2, 0.25) is 0 Å². The van der Waals surface area contributed by atoms with Crippen molar-refractivity contribution in [3.63, 3.8) is 0 Å². The van der Waals surface area contributed by atoms with Crippen LogP contribution in [0, 0.1) is 5.92 Å². The van der Waals surface area contributed by atoms with Crippen molar-refractivity contribution in [2.24, 2.45) is 5.92 Å². The molecule has 2 aliphatic heterocycles. The van der Waals surface area contributed by atoms with Crippen LogP contribution in [0.15, 0.2) is 66.2 Å². The van der Waals surface area contributed by atoms with Crippen LogP contribution in [0.25, 0.3) is 0 Å². The molecule has 2 aromatic rings. The van der Waals surface area contributed by atoms with Gasteiger partial charge in [-0.25, -0.2) is 4.79 Å². The normalized spacial score (nSPS) is 18.3. The first-order valence-electron chi connectivity index (χ1n) is 11.0. The summed E-state index contributed by atoms with van der Waals surface area (Å²) in [4.78, 5) is 40.8. The number of allylic oxidation sites excluding steroid dienone is 1. The number of piperidine rings is 1. The molecule has 0 bridgehead atoms. The summed E-state index contributed by atoms with van der Waals surface area (Å²) in [6.45, 7) is 1.39. The van der Waals surface area contributed by atoms with Crippen molar-refractivity contribution in [2.45, 2.75) is 25.9 Å². The molecule has 0 saturated carbocycles. The van der Waals surface area contributed by atoms with Gasteiger partial charge in [-0.15, -0.1) is 0 Å². The van der Waals surface area contributed by atoms with E-state index in [-0.39, 0.29) is 29.3 Å². The molecule has 2 saturated heterocycles. The lowest BCUT2D eigenvalue weighted by Gasteiger charge is -2.31. The highest BCUT2D eigenvalue weighted by Crippen LogP contribution is 2.26. The van der Waals surface area contributed by atoms with E-state index in [1.165, 1.54) is 4.90 Å². The van der Waals surface area contributed by atoms with Crippen LogP contribution in [0.4, 0.5) is 10.5 Å². The van der Waals surface area contributed by atoms with Gasteiger partial charge in [-0.2, -0.15) is 0 Å². The zero-order valence-corrected chi connectivity index (χ0v) is 20.0. The number of benzene rings is 2. The van der Waals surface area contributed by atoms with Crippen molar-refractivity contribution >= 4 is 52.5 Å². The van der Waals surface area contributed by atoms with Gasteiger partial charge in [0.25, 0.3) is 11.8 Å². The summed E-state index contributed by atoms with van der Waals surface area (Å²) in [5.74, 6) is -0.704. The first kappa shape index (κ1) is 23.9. The van der Waals surface area contributed by atoms with Crippen molar-refractivity contribution in [3.05, 3.63) is 76.8 Å². The summed E-state index contributed by atoms with van der Waals surface area (Å²) in [6, 6.07) is 16.2. The molecule has 0 spiro atoms. The van der Waals surface area contributed by atoms with E-state index in [1.54, 1.807) is 35.2 Å². The van der Waals surface area contributed by atoms with Crippen LogP contribution >= 0.6 is 23.8 Å². The third-order valence-electron chi connectivity index (χ3n) is 5.92. The maximum Gasteiger partial charge on any atom is 0.410 e. The summed E-state index contributed by atoms with van der Waals surface area (Å²) in [6.07, 6.45) is 3.44. The average molecular weight is 498 g/mol. The number of rotatable bonds is 5. The lowest BCUT2D eigenvalue weighted by molar-refractivity contribution is -0.122. The van der Waals surface area contributed by atoms with E-state index < -0.39 is 11.8 Å². The highest BCUT2D eigenvalue weighted by Gasteiger charge is 2.34. The Bertz CT molecular complexity index is 1110. The van der Waals surface area contributed by atoms with E-state index >= 15 is 0 Å². The monoisotopic (exact) mass is 497 g/mol. The first-order chi connectivity index (χ1) is 16.4. The van der Waals surface area contributed by atoms with Gasteiger partial charge < -0.3 is 9.64 Å². The molecule has 2 heterocycles. The highest BCUT2D eigenvalue weighted by molar-refractivity contribution is 7.80. The Morgan fingerprint density at radius 3 is 2.44 bits per heavy atom. The molecule has 9 heteroatoms. The number of carbonyl (C=O) groups is 3. The van der Waals surface area contributed by atoms with Crippen molar-refractivity contribution in [3.8, 4) is 0 Å². The third kappa shape index (κ3) is 5.63. The van der Waals surface area contributed by atoms with E-state index in [2.05, 4.69) is 5.32 Å². The minimum atomic E-state index is -0.498. The van der Waals surface area contributed by atoms with Gasteiger partial charge in [-0.1, -0.05) is 48.0 Å². The summed E-state index contributed by atoms with van der Waals surface area (Å²) in [5.41, 5.74) is 1.54. The Hall–Kier alpha value is -3.23. The van der Waals surface area contributed by atoms with Crippen LogP contribution in [-0.4, -0.2) is 41.0 Å². The number of likely N-dealkylation sites (tertiary alicyclic amines) is 1. The Labute approximate surface area is 208 Å². The summed E-state index contributed by atoms with van der Waals surface area (Å²) in [5, 5.41) is 3.16.